The summed E-state index contributed by atoms with van der Waals surface area (Å²) >= 11 is 5.79. The molecule has 5 heteroatoms. The van der Waals surface area contributed by atoms with E-state index in [0.717, 1.165) is 12.8 Å². The lowest BCUT2D eigenvalue weighted by Crippen LogP contribution is -2.18. The topological polar surface area (TPSA) is 53.1 Å². The van der Waals surface area contributed by atoms with Gasteiger partial charge < -0.3 is 10.5 Å². The van der Waals surface area contributed by atoms with Crippen LogP contribution in [0.15, 0.2) is 6.20 Å². The highest BCUT2D eigenvalue weighted by atomic mass is 35.5. The maximum absolute atomic E-state index is 5.79. The molecule has 0 amide bonds. The lowest BCUT2D eigenvalue weighted by Gasteiger charge is -2.21. The van der Waals surface area contributed by atoms with Crippen molar-refractivity contribution in [2.75, 3.05) is 5.73 Å². The van der Waals surface area contributed by atoms with Crippen molar-refractivity contribution in [1.82, 2.24) is 9.78 Å². The average Bonchev–Trinajstić information content (AvgIpc) is 2.57. The average molecular weight is 230 g/mol. The number of nitrogen functional groups attached to an aromatic ring is 1. The molecule has 15 heavy (non-hydrogen) atoms. The molecule has 1 aliphatic rings. The fourth-order valence-electron chi connectivity index (χ4n) is 1.89. The molecule has 0 unspecified atom stereocenters. The van der Waals surface area contributed by atoms with Crippen molar-refractivity contribution in [3.63, 3.8) is 0 Å². The molecule has 2 rings (SSSR count). The Bertz CT molecular complexity index is 301. The number of halogens is 1. The first-order valence-electron chi connectivity index (χ1n) is 5.36. The predicted molar refractivity (Wildman–Crippen MR) is 59.6 cm³/mol. The van der Waals surface area contributed by atoms with Crippen LogP contribution in [0.25, 0.3) is 0 Å². The first kappa shape index (κ1) is 10.8. The van der Waals surface area contributed by atoms with E-state index in [1.165, 1.54) is 19.3 Å². The fourth-order valence-corrected chi connectivity index (χ4v) is 2.04. The minimum Gasteiger partial charge on any atom is -0.381 e. The molecule has 1 aromatic heterocycles. The molecule has 0 bridgehead atoms. The molecule has 0 saturated heterocycles. The van der Waals surface area contributed by atoms with Crippen molar-refractivity contribution < 1.29 is 4.74 Å². The number of aromatic nitrogens is 2. The zero-order valence-corrected chi connectivity index (χ0v) is 9.41. The Kier molecular flexibility index (Phi) is 3.49. The molecule has 1 fully saturated rings. The van der Waals surface area contributed by atoms with Gasteiger partial charge >= 0.3 is 0 Å². The monoisotopic (exact) mass is 229 g/mol. The minimum absolute atomic E-state index is 0.365. The van der Waals surface area contributed by atoms with E-state index in [-0.39, 0.29) is 0 Å². The van der Waals surface area contributed by atoms with E-state index in [1.54, 1.807) is 10.9 Å². The van der Waals surface area contributed by atoms with Crippen molar-refractivity contribution in [3.05, 3.63) is 11.2 Å². The van der Waals surface area contributed by atoms with Crippen LogP contribution in [0.4, 0.5) is 5.82 Å². The summed E-state index contributed by atoms with van der Waals surface area (Å²) in [6.45, 7) is 0.446. The Balaban J connectivity index is 1.81. The number of rotatable bonds is 3. The molecule has 1 saturated carbocycles. The number of hydrogen-bond acceptors (Lipinski definition) is 3. The number of anilines is 1. The van der Waals surface area contributed by atoms with Gasteiger partial charge in [0.15, 0.2) is 5.82 Å². The third kappa shape index (κ3) is 2.86. The summed E-state index contributed by atoms with van der Waals surface area (Å²) in [6.07, 6.45) is 8.26. The van der Waals surface area contributed by atoms with Crippen molar-refractivity contribution in [2.45, 2.75) is 44.9 Å². The van der Waals surface area contributed by atoms with Crippen LogP contribution < -0.4 is 5.73 Å². The van der Waals surface area contributed by atoms with Crippen LogP contribution in [0.5, 0.6) is 0 Å². The maximum Gasteiger partial charge on any atom is 0.164 e. The smallest absolute Gasteiger partial charge is 0.164 e. The molecule has 2 N–H and O–H groups in total. The summed E-state index contributed by atoms with van der Waals surface area (Å²) in [5.74, 6) is 0.365. The Morgan fingerprint density at radius 3 is 2.80 bits per heavy atom. The predicted octanol–water partition coefficient (Wildman–Crippen LogP) is 2.43. The van der Waals surface area contributed by atoms with Crippen LogP contribution in [0.2, 0.25) is 5.02 Å². The van der Waals surface area contributed by atoms with E-state index in [4.69, 9.17) is 22.1 Å². The molecule has 0 atom stereocenters. The number of ether oxygens (including phenoxy) is 1. The number of nitrogens with zero attached hydrogens (tertiary/aromatic N) is 2. The normalized spacial score (nSPS) is 18.2. The van der Waals surface area contributed by atoms with Crippen molar-refractivity contribution in [1.29, 1.82) is 0 Å². The van der Waals surface area contributed by atoms with Gasteiger partial charge in [0.25, 0.3) is 0 Å². The highest BCUT2D eigenvalue weighted by Gasteiger charge is 2.14. The zero-order chi connectivity index (χ0) is 10.7. The second-order valence-corrected chi connectivity index (χ2v) is 4.36. The van der Waals surface area contributed by atoms with Crippen molar-refractivity contribution in [3.8, 4) is 0 Å². The third-order valence-electron chi connectivity index (χ3n) is 2.74. The highest BCUT2D eigenvalue weighted by Crippen LogP contribution is 2.21. The zero-order valence-electron chi connectivity index (χ0n) is 8.66. The Hall–Kier alpha value is -0.740. The van der Waals surface area contributed by atoms with E-state index in [0.29, 0.717) is 23.7 Å². The molecular formula is C10H16ClN3O. The van der Waals surface area contributed by atoms with E-state index < -0.39 is 0 Å². The van der Waals surface area contributed by atoms with Crippen LogP contribution >= 0.6 is 11.6 Å². The number of nitrogens with two attached hydrogens (primary N) is 1. The van der Waals surface area contributed by atoms with E-state index in [9.17, 15) is 0 Å². The van der Waals surface area contributed by atoms with Gasteiger partial charge in [0.2, 0.25) is 0 Å². The molecule has 84 valence electrons. The summed E-state index contributed by atoms with van der Waals surface area (Å²) in [7, 11) is 0. The Labute approximate surface area is 94.3 Å². The van der Waals surface area contributed by atoms with Crippen molar-refractivity contribution in [2.24, 2.45) is 0 Å². The van der Waals surface area contributed by atoms with Gasteiger partial charge in [-0.2, -0.15) is 5.10 Å². The second kappa shape index (κ2) is 4.86. The third-order valence-corrected chi connectivity index (χ3v) is 3.03. The van der Waals surface area contributed by atoms with Crippen LogP contribution in [0, 0.1) is 0 Å². The second-order valence-electron chi connectivity index (χ2n) is 3.96. The number of hydrogen-bond donors (Lipinski definition) is 1. The standard InChI is InChI=1S/C10H16ClN3O/c11-9-6-14(13-10(9)12)7-15-8-4-2-1-3-5-8/h6,8H,1-5,7H2,(H2,12,13). The van der Waals surface area contributed by atoms with Crippen LogP contribution in [0.3, 0.4) is 0 Å². The fraction of sp³-hybridized carbons (Fsp3) is 0.700. The van der Waals surface area contributed by atoms with Crippen LogP contribution in [0.1, 0.15) is 32.1 Å². The van der Waals surface area contributed by atoms with Crippen molar-refractivity contribution >= 4 is 17.4 Å². The minimum atomic E-state index is 0.365. The van der Waals surface area contributed by atoms with Gasteiger partial charge in [0, 0.05) is 6.20 Å². The van der Waals surface area contributed by atoms with E-state index >= 15 is 0 Å². The molecule has 1 heterocycles. The van der Waals surface area contributed by atoms with Gasteiger partial charge in [-0.05, 0) is 12.8 Å². The first-order chi connectivity index (χ1) is 7.25. The maximum atomic E-state index is 5.79. The molecule has 0 radical (unpaired) electrons. The van der Waals surface area contributed by atoms with Gasteiger partial charge in [-0.1, -0.05) is 30.9 Å². The van der Waals surface area contributed by atoms with Gasteiger partial charge in [0.1, 0.15) is 11.8 Å². The largest absolute Gasteiger partial charge is 0.381 e. The molecular weight excluding hydrogens is 214 g/mol. The molecule has 1 aromatic rings. The molecule has 0 aliphatic heterocycles. The summed E-state index contributed by atoms with van der Waals surface area (Å²) in [5, 5.41) is 4.52. The molecule has 0 spiro atoms. The molecule has 1 aliphatic carbocycles. The summed E-state index contributed by atoms with van der Waals surface area (Å²) in [4.78, 5) is 0. The quantitative estimate of drug-likeness (QED) is 0.866. The van der Waals surface area contributed by atoms with E-state index in [1.807, 2.05) is 0 Å². The SMILES string of the molecule is Nc1nn(COC2CCCCC2)cc1Cl. The summed E-state index contributed by atoms with van der Waals surface area (Å²) in [5.41, 5.74) is 5.53. The van der Waals surface area contributed by atoms with E-state index in [2.05, 4.69) is 5.10 Å². The molecule has 4 nitrogen and oxygen atoms in total. The Morgan fingerprint density at radius 2 is 2.20 bits per heavy atom. The van der Waals surface area contributed by atoms with Crippen LogP contribution in [-0.2, 0) is 11.5 Å². The summed E-state index contributed by atoms with van der Waals surface area (Å²) in [6, 6.07) is 0. The summed E-state index contributed by atoms with van der Waals surface area (Å²) < 4.78 is 7.37. The van der Waals surface area contributed by atoms with Crippen LogP contribution in [-0.4, -0.2) is 15.9 Å². The first-order valence-corrected chi connectivity index (χ1v) is 5.73. The van der Waals surface area contributed by atoms with Gasteiger partial charge in [0.05, 0.1) is 6.10 Å². The lowest BCUT2D eigenvalue weighted by atomic mass is 9.98. The van der Waals surface area contributed by atoms with Gasteiger partial charge in [-0.3, -0.25) is 0 Å². The van der Waals surface area contributed by atoms with Gasteiger partial charge in [-0.15, -0.1) is 0 Å². The Morgan fingerprint density at radius 1 is 1.47 bits per heavy atom. The van der Waals surface area contributed by atoms with Gasteiger partial charge in [-0.25, -0.2) is 4.68 Å². The molecule has 0 aromatic carbocycles. The highest BCUT2D eigenvalue weighted by molar-refractivity contribution is 6.32. The lowest BCUT2D eigenvalue weighted by molar-refractivity contribution is -0.0176.